The van der Waals surface area contributed by atoms with E-state index in [-0.39, 0.29) is 61.0 Å². The summed E-state index contributed by atoms with van der Waals surface area (Å²) in [5, 5.41) is 11.7. The summed E-state index contributed by atoms with van der Waals surface area (Å²) >= 11 is 0. The van der Waals surface area contributed by atoms with Crippen LogP contribution in [0.4, 0.5) is 4.79 Å². The number of carboxylic acid groups (broad SMARTS) is 1. The number of rotatable bonds is 9. The third-order valence-electron chi connectivity index (χ3n) is 7.68. The van der Waals surface area contributed by atoms with Gasteiger partial charge in [-0.3, -0.25) is 9.59 Å². The summed E-state index contributed by atoms with van der Waals surface area (Å²) in [4.78, 5) is 35.1. The maximum Gasteiger partial charge on any atom is 2.00 e. The second-order valence-electron chi connectivity index (χ2n) is 10.3. The van der Waals surface area contributed by atoms with Crippen LogP contribution in [0.1, 0.15) is 42.7 Å². The Morgan fingerprint density at radius 2 is 1.38 bits per heavy atom. The molecule has 6 rings (SSSR count). The molecule has 0 bridgehead atoms. The van der Waals surface area contributed by atoms with Crippen LogP contribution in [0.3, 0.4) is 0 Å². The number of hydrogen-bond donors (Lipinski definition) is 2. The minimum atomic E-state index is -1.02. The first kappa shape index (κ1) is 32.1. The van der Waals surface area contributed by atoms with E-state index in [1.54, 1.807) is 0 Å². The van der Waals surface area contributed by atoms with Gasteiger partial charge in [-0.2, -0.15) is 0 Å². The summed E-state index contributed by atoms with van der Waals surface area (Å²) in [5.41, 5.74) is 4.71. The fourth-order valence-electron chi connectivity index (χ4n) is 5.78. The van der Waals surface area contributed by atoms with Crippen LogP contribution < -0.4 is 5.32 Å². The molecule has 0 saturated heterocycles. The molecular formula is C34H33FeNO6+2. The van der Waals surface area contributed by atoms with E-state index in [9.17, 15) is 14.4 Å². The molecule has 3 saturated carbocycles. The Hall–Kier alpha value is -2.83. The molecule has 216 valence electrons. The van der Waals surface area contributed by atoms with Crippen molar-refractivity contribution in [2.75, 3.05) is 13.2 Å². The Balaban J connectivity index is 0.000000612. The number of fused-ring (bicyclic) bond motifs is 4. The third-order valence-corrected chi connectivity index (χ3v) is 7.68. The summed E-state index contributed by atoms with van der Waals surface area (Å²) in [5.74, 6) is 0.815. The largest absolute Gasteiger partial charge is 2.00 e. The maximum atomic E-state index is 12.8. The molecule has 4 aliphatic rings. The Labute approximate surface area is 259 Å². The number of carbonyl (C=O) groups is 3. The minimum absolute atomic E-state index is 0. The minimum Gasteiger partial charge on any atom is -0.481 e. The van der Waals surface area contributed by atoms with Gasteiger partial charge in [0.1, 0.15) is 6.61 Å². The van der Waals surface area contributed by atoms with Crippen LogP contribution in [0.5, 0.6) is 0 Å². The van der Waals surface area contributed by atoms with Crippen LogP contribution in [0, 0.1) is 69.1 Å². The van der Waals surface area contributed by atoms with Crippen molar-refractivity contribution in [2.24, 2.45) is 5.92 Å². The third kappa shape index (κ3) is 7.96. The Morgan fingerprint density at radius 3 is 2.00 bits per heavy atom. The number of carbonyl (C=O) groups excluding carboxylic acids is 2. The van der Waals surface area contributed by atoms with Crippen LogP contribution in [-0.4, -0.2) is 42.4 Å². The molecular weight excluding hydrogens is 574 g/mol. The number of hydrogen-bond acceptors (Lipinski definition) is 5. The fourth-order valence-corrected chi connectivity index (χ4v) is 5.78. The van der Waals surface area contributed by atoms with Crippen LogP contribution in [0.25, 0.3) is 11.1 Å². The Kier molecular flexibility index (Phi) is 11.9. The number of ether oxygens (including phenoxy) is 2. The van der Waals surface area contributed by atoms with Crippen LogP contribution in [-0.2, 0) is 36.1 Å². The van der Waals surface area contributed by atoms with E-state index in [4.69, 9.17) is 14.6 Å². The zero-order valence-corrected chi connectivity index (χ0v) is 24.2. The molecule has 0 heterocycles. The second-order valence-corrected chi connectivity index (χ2v) is 10.3. The zero-order valence-electron chi connectivity index (χ0n) is 23.1. The first-order valence-corrected chi connectivity index (χ1v) is 13.9. The van der Waals surface area contributed by atoms with Crippen molar-refractivity contribution in [3.05, 3.63) is 123 Å². The number of esters is 1. The van der Waals surface area contributed by atoms with Gasteiger partial charge in [0, 0.05) is 17.9 Å². The molecule has 1 amide bonds. The molecule has 2 aromatic carbocycles. The Morgan fingerprint density at radius 1 is 0.786 bits per heavy atom. The average molecular weight is 607 g/mol. The molecule has 10 radical (unpaired) electrons. The number of benzene rings is 2. The van der Waals surface area contributed by atoms with Crippen molar-refractivity contribution in [2.45, 2.75) is 37.6 Å². The van der Waals surface area contributed by atoms with E-state index in [1.807, 2.05) is 75.6 Å². The van der Waals surface area contributed by atoms with Crippen molar-refractivity contribution in [1.82, 2.24) is 5.32 Å². The van der Waals surface area contributed by atoms with Crippen molar-refractivity contribution in [3.8, 4) is 11.1 Å². The summed E-state index contributed by atoms with van der Waals surface area (Å²) in [6, 6.07) is 16.3. The van der Waals surface area contributed by atoms with Gasteiger partial charge in [-0.25, -0.2) is 4.79 Å². The van der Waals surface area contributed by atoms with Gasteiger partial charge in [0.05, 0.1) is 19.4 Å². The molecule has 7 nitrogen and oxygen atoms in total. The predicted octanol–water partition coefficient (Wildman–Crippen LogP) is 5.51. The molecule has 42 heavy (non-hydrogen) atoms. The molecule has 3 fully saturated rings. The quantitative estimate of drug-likeness (QED) is 0.288. The molecule has 4 aliphatic carbocycles. The number of aliphatic carboxylic acids is 1. The summed E-state index contributed by atoms with van der Waals surface area (Å²) in [7, 11) is 0. The predicted molar refractivity (Wildman–Crippen MR) is 153 cm³/mol. The maximum absolute atomic E-state index is 12.8. The smallest absolute Gasteiger partial charge is 0.481 e. The van der Waals surface area contributed by atoms with E-state index < -0.39 is 18.0 Å². The summed E-state index contributed by atoms with van der Waals surface area (Å²) in [6.07, 6.45) is 16.5. The molecule has 8 heteroatoms. The summed E-state index contributed by atoms with van der Waals surface area (Å²) < 4.78 is 10.9. The molecule has 0 aromatic heterocycles. The van der Waals surface area contributed by atoms with E-state index >= 15 is 0 Å². The normalized spacial score (nSPS) is 20.9. The van der Waals surface area contributed by atoms with Crippen LogP contribution in [0.15, 0.2) is 48.5 Å². The van der Waals surface area contributed by atoms with Crippen LogP contribution >= 0.6 is 0 Å². The molecule has 2 atom stereocenters. The van der Waals surface area contributed by atoms with Gasteiger partial charge >= 0.3 is 35.1 Å². The van der Waals surface area contributed by atoms with E-state index in [0.717, 1.165) is 11.8 Å². The topological polar surface area (TPSA) is 102 Å². The van der Waals surface area contributed by atoms with Gasteiger partial charge in [0.15, 0.2) is 0 Å². The Bertz CT molecular complexity index is 1160. The van der Waals surface area contributed by atoms with Crippen LogP contribution in [0.2, 0.25) is 0 Å². The molecule has 2 N–H and O–H groups in total. The standard InChI is InChI=1S/C29H28NO6.C5H5.Fe/c31-27(32)12-13-28(33)35-15-14-18-16-26(24-11-5-10-19(18)24)30-29(34)36-17-25-22-8-3-1-6-20(22)21-7-2-4-9-23(21)25;1-2-4-5-3-1;/h1-11,18,25-26H,12-17H2,(H,30,34)(H,31,32);1-5H;/q;;+2/t18-,26+;;/m0../s1. The average Bonchev–Trinajstić information content (AvgIpc) is 3.78. The monoisotopic (exact) mass is 607 g/mol. The zero-order chi connectivity index (χ0) is 28.6. The molecule has 0 spiro atoms. The first-order valence-electron chi connectivity index (χ1n) is 13.9. The number of carboxylic acids is 1. The van der Waals surface area contributed by atoms with Gasteiger partial charge < -0.3 is 19.9 Å². The van der Waals surface area contributed by atoms with E-state index in [2.05, 4.69) is 29.6 Å². The van der Waals surface area contributed by atoms with Gasteiger partial charge in [-0.1, -0.05) is 48.5 Å². The van der Waals surface area contributed by atoms with Crippen molar-refractivity contribution >= 4 is 18.0 Å². The molecule has 0 aliphatic heterocycles. The SMILES string of the molecule is O=C(O)CCC(=O)OCC[C@H]1C[C@@H](NC(=O)OCC2c3ccccc3-c3ccccc32)[C]2[CH][CH][CH][C]21.[CH]1[CH][CH][CH][CH]1.[Fe+2]. The summed E-state index contributed by atoms with van der Waals surface area (Å²) in [6.45, 7) is 0.474. The van der Waals surface area contributed by atoms with Gasteiger partial charge in [0.2, 0.25) is 0 Å². The number of nitrogens with one attached hydrogen (secondary N) is 1. The van der Waals surface area contributed by atoms with E-state index in [0.29, 0.717) is 12.8 Å². The van der Waals surface area contributed by atoms with Gasteiger partial charge in [-0.05, 0) is 98.3 Å². The van der Waals surface area contributed by atoms with Crippen molar-refractivity contribution < 1.29 is 46.0 Å². The van der Waals surface area contributed by atoms with Gasteiger partial charge in [-0.15, -0.1) is 0 Å². The number of alkyl carbamates (subject to hydrolysis) is 1. The van der Waals surface area contributed by atoms with Crippen molar-refractivity contribution in [3.63, 3.8) is 0 Å². The van der Waals surface area contributed by atoms with Gasteiger partial charge in [0.25, 0.3) is 0 Å². The van der Waals surface area contributed by atoms with Crippen molar-refractivity contribution in [1.29, 1.82) is 0 Å². The first-order chi connectivity index (χ1) is 20.0. The molecule has 2 aromatic rings. The molecule has 0 unspecified atom stereocenters. The second kappa shape index (κ2) is 15.6. The van der Waals surface area contributed by atoms with E-state index in [1.165, 1.54) is 22.3 Å². The fraction of sp³-hybridized carbons (Fsp3) is 0.265. The number of amides is 1.